The van der Waals surface area contributed by atoms with Crippen molar-refractivity contribution in [1.82, 2.24) is 5.32 Å². The molecule has 0 radical (unpaired) electrons. The Kier molecular flexibility index (Phi) is 6.43. The van der Waals surface area contributed by atoms with Gasteiger partial charge in [-0.05, 0) is 43.1 Å². The number of nitrogens with one attached hydrogen (secondary N) is 1. The summed E-state index contributed by atoms with van der Waals surface area (Å²) in [6, 6.07) is 4.75. The summed E-state index contributed by atoms with van der Waals surface area (Å²) >= 11 is 11.9. The van der Waals surface area contributed by atoms with Gasteiger partial charge in [0.25, 0.3) is 0 Å². The first-order valence-electron chi connectivity index (χ1n) is 6.06. The number of alkyl halides is 3. The zero-order chi connectivity index (χ0) is 14.5. The molecule has 0 aromatic heterocycles. The molecule has 1 rings (SSSR count). The quantitative estimate of drug-likeness (QED) is 0.791. The number of halogens is 5. The van der Waals surface area contributed by atoms with Gasteiger partial charge in [-0.2, -0.15) is 13.2 Å². The molecule has 1 aromatic rings. The van der Waals surface area contributed by atoms with E-state index >= 15 is 0 Å². The van der Waals surface area contributed by atoms with Gasteiger partial charge in [0, 0.05) is 22.5 Å². The van der Waals surface area contributed by atoms with Crippen molar-refractivity contribution in [2.24, 2.45) is 0 Å². The summed E-state index contributed by atoms with van der Waals surface area (Å²) in [6.45, 7) is 2.47. The van der Waals surface area contributed by atoms with Crippen LogP contribution < -0.4 is 5.32 Å². The number of likely N-dealkylation sites (N-methyl/N-ethyl adjacent to an activating group) is 1. The minimum Gasteiger partial charge on any atom is -0.314 e. The highest BCUT2D eigenvalue weighted by molar-refractivity contribution is 6.33. The third-order valence-electron chi connectivity index (χ3n) is 2.74. The van der Waals surface area contributed by atoms with Crippen LogP contribution >= 0.6 is 23.2 Å². The highest BCUT2D eigenvalue weighted by Crippen LogP contribution is 2.26. The van der Waals surface area contributed by atoms with Crippen LogP contribution in [0.4, 0.5) is 13.2 Å². The van der Waals surface area contributed by atoms with Crippen LogP contribution in [0.25, 0.3) is 0 Å². The molecule has 0 bridgehead atoms. The molecule has 0 spiro atoms. The van der Waals surface area contributed by atoms with Crippen molar-refractivity contribution in [2.45, 2.75) is 38.4 Å². The fraction of sp³-hybridized carbons (Fsp3) is 0.538. The Hall–Kier alpha value is -0.450. The summed E-state index contributed by atoms with van der Waals surface area (Å²) in [5, 5.41) is 4.11. The van der Waals surface area contributed by atoms with E-state index in [-0.39, 0.29) is 12.5 Å². The molecule has 19 heavy (non-hydrogen) atoms. The summed E-state index contributed by atoms with van der Waals surface area (Å²) in [7, 11) is 0. The second-order valence-electron chi connectivity index (χ2n) is 4.35. The van der Waals surface area contributed by atoms with Crippen molar-refractivity contribution < 1.29 is 13.2 Å². The van der Waals surface area contributed by atoms with E-state index in [9.17, 15) is 13.2 Å². The largest absolute Gasteiger partial charge is 0.389 e. The lowest BCUT2D eigenvalue weighted by atomic mass is 10.0. The van der Waals surface area contributed by atoms with Gasteiger partial charge in [0.05, 0.1) is 0 Å². The maximum absolute atomic E-state index is 12.3. The van der Waals surface area contributed by atoms with Gasteiger partial charge in [-0.1, -0.05) is 30.1 Å². The standard InChI is InChI=1S/C13H16Cl2F3N/c1-2-19-11(5-6-13(16,17)18)8-9-7-10(14)3-4-12(9)15/h3-4,7,11,19H,2,5-6,8H2,1H3. The monoisotopic (exact) mass is 313 g/mol. The van der Waals surface area contributed by atoms with Crippen molar-refractivity contribution in [3.8, 4) is 0 Å². The van der Waals surface area contributed by atoms with E-state index in [2.05, 4.69) is 5.32 Å². The molecule has 1 aromatic carbocycles. The number of benzene rings is 1. The molecule has 1 atom stereocenters. The molecule has 0 fully saturated rings. The maximum atomic E-state index is 12.3. The van der Waals surface area contributed by atoms with Gasteiger partial charge in [-0.15, -0.1) is 0 Å². The van der Waals surface area contributed by atoms with Gasteiger partial charge >= 0.3 is 6.18 Å². The van der Waals surface area contributed by atoms with Crippen LogP contribution in [0, 0.1) is 0 Å². The van der Waals surface area contributed by atoms with Crippen molar-refractivity contribution in [1.29, 1.82) is 0 Å². The molecule has 0 aliphatic rings. The lowest BCUT2D eigenvalue weighted by Crippen LogP contribution is -2.32. The van der Waals surface area contributed by atoms with Crippen molar-refractivity contribution in [2.75, 3.05) is 6.54 Å². The number of hydrogen-bond acceptors (Lipinski definition) is 1. The minimum atomic E-state index is -4.13. The molecule has 0 amide bonds. The molecule has 108 valence electrons. The molecule has 1 N–H and O–H groups in total. The van der Waals surface area contributed by atoms with Crippen LogP contribution in [-0.4, -0.2) is 18.8 Å². The van der Waals surface area contributed by atoms with Crippen LogP contribution in [0.1, 0.15) is 25.3 Å². The summed E-state index contributed by atoms with van der Waals surface area (Å²) in [6.07, 6.45) is -4.47. The highest BCUT2D eigenvalue weighted by atomic mass is 35.5. The summed E-state index contributed by atoms with van der Waals surface area (Å²) < 4.78 is 36.8. The Balaban J connectivity index is 2.69. The Morgan fingerprint density at radius 1 is 1.26 bits per heavy atom. The molecular formula is C13H16Cl2F3N. The summed E-state index contributed by atoms with van der Waals surface area (Å²) in [4.78, 5) is 0. The van der Waals surface area contributed by atoms with Crippen LogP contribution in [0.5, 0.6) is 0 Å². The number of hydrogen-bond donors (Lipinski definition) is 1. The summed E-state index contributed by atoms with van der Waals surface area (Å²) in [5.74, 6) is 0. The van der Waals surface area contributed by atoms with E-state index in [4.69, 9.17) is 23.2 Å². The van der Waals surface area contributed by atoms with Gasteiger partial charge in [0.2, 0.25) is 0 Å². The Morgan fingerprint density at radius 2 is 1.95 bits per heavy atom. The first-order valence-corrected chi connectivity index (χ1v) is 6.81. The predicted octanol–water partition coefficient (Wildman–Crippen LogP) is 4.86. The van der Waals surface area contributed by atoms with E-state index in [1.807, 2.05) is 6.92 Å². The summed E-state index contributed by atoms with van der Waals surface area (Å²) in [5.41, 5.74) is 0.766. The van der Waals surface area contributed by atoms with Gasteiger partial charge in [-0.25, -0.2) is 0 Å². The van der Waals surface area contributed by atoms with Gasteiger partial charge in [0.15, 0.2) is 0 Å². The van der Waals surface area contributed by atoms with Crippen molar-refractivity contribution in [3.05, 3.63) is 33.8 Å². The normalized spacial score (nSPS) is 13.6. The first-order chi connectivity index (χ1) is 8.81. The van der Waals surface area contributed by atoms with E-state index in [1.165, 1.54) is 0 Å². The maximum Gasteiger partial charge on any atom is 0.389 e. The van der Waals surface area contributed by atoms with Crippen LogP contribution in [0.2, 0.25) is 10.0 Å². The zero-order valence-electron chi connectivity index (χ0n) is 10.5. The smallest absolute Gasteiger partial charge is 0.314 e. The highest BCUT2D eigenvalue weighted by Gasteiger charge is 2.28. The predicted molar refractivity (Wildman–Crippen MR) is 72.9 cm³/mol. The molecule has 1 unspecified atom stereocenters. The fourth-order valence-corrected chi connectivity index (χ4v) is 2.26. The molecule has 6 heteroatoms. The lowest BCUT2D eigenvalue weighted by molar-refractivity contribution is -0.136. The molecule has 0 aliphatic heterocycles. The lowest BCUT2D eigenvalue weighted by Gasteiger charge is -2.19. The first kappa shape index (κ1) is 16.6. The molecule has 1 nitrogen and oxygen atoms in total. The van der Waals surface area contributed by atoms with E-state index in [1.54, 1.807) is 18.2 Å². The average molecular weight is 314 g/mol. The van der Waals surface area contributed by atoms with Gasteiger partial charge in [-0.3, -0.25) is 0 Å². The molecule has 0 saturated heterocycles. The van der Waals surface area contributed by atoms with E-state index in [0.29, 0.717) is 23.0 Å². The van der Waals surface area contributed by atoms with Crippen molar-refractivity contribution in [3.63, 3.8) is 0 Å². The molecule has 0 aliphatic carbocycles. The molecule has 0 heterocycles. The Labute approximate surface area is 121 Å². The second kappa shape index (κ2) is 7.36. The van der Waals surface area contributed by atoms with Crippen LogP contribution in [-0.2, 0) is 6.42 Å². The molecular weight excluding hydrogens is 298 g/mol. The van der Waals surface area contributed by atoms with Crippen molar-refractivity contribution >= 4 is 23.2 Å². The SMILES string of the molecule is CCNC(CCC(F)(F)F)Cc1cc(Cl)ccc1Cl. The zero-order valence-corrected chi connectivity index (χ0v) is 12.0. The second-order valence-corrected chi connectivity index (χ2v) is 5.19. The van der Waals surface area contributed by atoms with Crippen LogP contribution in [0.3, 0.4) is 0 Å². The van der Waals surface area contributed by atoms with Gasteiger partial charge < -0.3 is 5.32 Å². The third-order valence-corrected chi connectivity index (χ3v) is 3.35. The van der Waals surface area contributed by atoms with Gasteiger partial charge in [0.1, 0.15) is 0 Å². The topological polar surface area (TPSA) is 12.0 Å². The van der Waals surface area contributed by atoms with E-state index < -0.39 is 12.6 Å². The van der Waals surface area contributed by atoms with Crippen LogP contribution in [0.15, 0.2) is 18.2 Å². The number of rotatable bonds is 6. The average Bonchev–Trinajstić information content (AvgIpc) is 2.30. The third kappa shape index (κ3) is 6.50. The Bertz CT molecular complexity index is 407. The molecule has 0 saturated carbocycles. The fourth-order valence-electron chi connectivity index (χ4n) is 1.87. The van der Waals surface area contributed by atoms with E-state index in [0.717, 1.165) is 5.56 Å². The Morgan fingerprint density at radius 3 is 2.53 bits per heavy atom. The minimum absolute atomic E-state index is 0.0280.